The lowest BCUT2D eigenvalue weighted by Gasteiger charge is -2.17. The molecule has 0 aliphatic rings. The fraction of sp³-hybridized carbons (Fsp3) is 0.520. The van der Waals surface area contributed by atoms with Gasteiger partial charge in [0.1, 0.15) is 0 Å². The Morgan fingerprint density at radius 1 is 0.750 bits per heavy atom. The minimum atomic E-state index is 1.02. The maximum atomic E-state index is 3.76. The summed E-state index contributed by atoms with van der Waals surface area (Å²) < 4.78 is 0. The molecule has 0 heterocycles. The van der Waals surface area contributed by atoms with E-state index in [-0.39, 0.29) is 0 Å². The summed E-state index contributed by atoms with van der Waals surface area (Å²) >= 11 is 0. The number of unbranched alkanes of at least 4 members (excludes halogenated alkanes) is 2. The van der Waals surface area contributed by atoms with Gasteiger partial charge in [-0.2, -0.15) is 0 Å². The second-order valence-corrected chi connectivity index (χ2v) is 7.15. The Hall–Kier alpha value is -2.00. The first-order valence-corrected chi connectivity index (χ1v) is 10.6. The Morgan fingerprint density at radius 3 is 1.46 bits per heavy atom. The Morgan fingerprint density at radius 2 is 1.14 bits per heavy atom. The van der Waals surface area contributed by atoms with Crippen LogP contribution in [0.4, 0.5) is 0 Å². The predicted octanol–water partition coefficient (Wildman–Crippen LogP) is 5.73. The summed E-state index contributed by atoms with van der Waals surface area (Å²) in [5.41, 5.74) is 4.89. The van der Waals surface area contributed by atoms with Gasteiger partial charge in [-0.05, 0) is 84.7 Å². The molecule has 0 rings (SSSR count). The van der Waals surface area contributed by atoms with Crippen molar-refractivity contribution in [1.29, 1.82) is 0 Å². The molecule has 0 saturated carbocycles. The van der Waals surface area contributed by atoms with Gasteiger partial charge in [-0.1, -0.05) is 49.6 Å². The summed E-state index contributed by atoms with van der Waals surface area (Å²) in [5, 5.41) is 7.05. The highest BCUT2D eigenvalue weighted by Crippen LogP contribution is 2.07. The van der Waals surface area contributed by atoms with Crippen molar-refractivity contribution in [2.75, 3.05) is 33.2 Å². The third kappa shape index (κ3) is 12.4. The van der Waals surface area contributed by atoms with Crippen molar-refractivity contribution in [1.82, 2.24) is 15.5 Å². The van der Waals surface area contributed by atoms with E-state index in [0.717, 1.165) is 26.2 Å². The van der Waals surface area contributed by atoms with Gasteiger partial charge < -0.3 is 15.5 Å². The van der Waals surface area contributed by atoms with Gasteiger partial charge in [-0.15, -0.1) is 0 Å². The SMILES string of the molecule is C=C/C=C(C)/C(=C\C)NCCCCN(C)CCCCNC(=C/C)/C(C)=C/C=C. The highest BCUT2D eigenvalue weighted by Gasteiger charge is 2.01. The van der Waals surface area contributed by atoms with Crippen LogP contribution in [0, 0.1) is 0 Å². The van der Waals surface area contributed by atoms with E-state index in [4.69, 9.17) is 0 Å². The van der Waals surface area contributed by atoms with Crippen LogP contribution in [0.25, 0.3) is 0 Å². The van der Waals surface area contributed by atoms with Gasteiger partial charge in [0.05, 0.1) is 0 Å². The van der Waals surface area contributed by atoms with E-state index < -0.39 is 0 Å². The molecule has 0 bridgehead atoms. The zero-order valence-corrected chi connectivity index (χ0v) is 19.0. The van der Waals surface area contributed by atoms with Gasteiger partial charge in [0, 0.05) is 24.5 Å². The van der Waals surface area contributed by atoms with Crippen molar-refractivity contribution in [3.05, 3.63) is 72.2 Å². The van der Waals surface area contributed by atoms with E-state index in [2.05, 4.69) is 75.6 Å². The first kappa shape index (κ1) is 26.0. The Labute approximate surface area is 174 Å². The highest BCUT2D eigenvalue weighted by atomic mass is 15.1. The summed E-state index contributed by atoms with van der Waals surface area (Å²) in [5.74, 6) is 0. The van der Waals surface area contributed by atoms with Crippen molar-refractivity contribution >= 4 is 0 Å². The van der Waals surface area contributed by atoms with E-state index in [9.17, 15) is 0 Å². The normalized spacial score (nSPS) is 13.6. The second kappa shape index (κ2) is 17.1. The Balaban J connectivity index is 3.85. The number of nitrogens with one attached hydrogen (secondary N) is 2. The fourth-order valence-electron chi connectivity index (χ4n) is 3.04. The fourth-order valence-corrected chi connectivity index (χ4v) is 3.04. The van der Waals surface area contributed by atoms with E-state index in [1.807, 2.05) is 24.3 Å². The zero-order chi connectivity index (χ0) is 21.2. The van der Waals surface area contributed by atoms with E-state index in [1.54, 1.807) is 0 Å². The van der Waals surface area contributed by atoms with E-state index in [0.29, 0.717) is 0 Å². The van der Waals surface area contributed by atoms with Gasteiger partial charge >= 0.3 is 0 Å². The molecule has 3 heteroatoms. The molecule has 0 spiro atoms. The van der Waals surface area contributed by atoms with Crippen LogP contribution in [0.3, 0.4) is 0 Å². The van der Waals surface area contributed by atoms with Crippen molar-refractivity contribution in [3.63, 3.8) is 0 Å². The van der Waals surface area contributed by atoms with Gasteiger partial charge in [0.15, 0.2) is 0 Å². The molecule has 0 saturated heterocycles. The quantitative estimate of drug-likeness (QED) is 0.262. The summed E-state index contributed by atoms with van der Waals surface area (Å²) in [6.07, 6.45) is 16.8. The van der Waals surface area contributed by atoms with Crippen molar-refractivity contribution in [2.45, 2.75) is 53.4 Å². The standard InChI is InChI=1S/C25H43N3/c1-8-16-22(5)24(10-3)26-18-12-14-20-28(7)21-15-13-19-27-25(11-4)23(6)17-9-2/h8-11,16-17,26-27H,1-2,12-15,18-21H2,3-7H3/b22-16+,23-17+,24-10+,25-11+. The number of rotatable bonds is 16. The lowest BCUT2D eigenvalue weighted by Crippen LogP contribution is -2.23. The molecule has 0 aromatic rings. The van der Waals surface area contributed by atoms with Crippen LogP contribution in [-0.2, 0) is 0 Å². The minimum Gasteiger partial charge on any atom is -0.385 e. The van der Waals surface area contributed by atoms with Crippen molar-refractivity contribution in [3.8, 4) is 0 Å². The van der Waals surface area contributed by atoms with Gasteiger partial charge in [-0.25, -0.2) is 0 Å². The lowest BCUT2D eigenvalue weighted by atomic mass is 10.2. The summed E-state index contributed by atoms with van der Waals surface area (Å²) in [6.45, 7) is 20.2. The molecule has 0 aliphatic carbocycles. The smallest absolute Gasteiger partial charge is 0.0326 e. The van der Waals surface area contributed by atoms with E-state index in [1.165, 1.54) is 48.2 Å². The molecule has 0 radical (unpaired) electrons. The molecular formula is C25H43N3. The van der Waals surface area contributed by atoms with Crippen LogP contribution in [-0.4, -0.2) is 38.1 Å². The number of hydrogen-bond donors (Lipinski definition) is 2. The van der Waals surface area contributed by atoms with Crippen LogP contribution < -0.4 is 10.6 Å². The molecule has 28 heavy (non-hydrogen) atoms. The van der Waals surface area contributed by atoms with Gasteiger partial charge in [-0.3, -0.25) is 0 Å². The Bertz CT molecular complexity index is 514. The summed E-state index contributed by atoms with van der Waals surface area (Å²) in [6, 6.07) is 0. The third-order valence-corrected chi connectivity index (χ3v) is 4.73. The van der Waals surface area contributed by atoms with Crippen LogP contribution in [0.15, 0.2) is 72.2 Å². The average Bonchev–Trinajstić information content (AvgIpc) is 2.67. The minimum absolute atomic E-state index is 1.02. The van der Waals surface area contributed by atoms with Gasteiger partial charge in [0.25, 0.3) is 0 Å². The summed E-state index contributed by atoms with van der Waals surface area (Å²) in [4.78, 5) is 2.44. The molecule has 0 aromatic heterocycles. The molecule has 0 fully saturated rings. The molecule has 0 amide bonds. The molecule has 3 nitrogen and oxygen atoms in total. The summed E-state index contributed by atoms with van der Waals surface area (Å²) in [7, 11) is 2.23. The molecule has 0 aliphatic heterocycles. The second-order valence-electron chi connectivity index (χ2n) is 7.15. The lowest BCUT2D eigenvalue weighted by molar-refractivity contribution is 0.318. The van der Waals surface area contributed by atoms with Crippen LogP contribution >= 0.6 is 0 Å². The van der Waals surface area contributed by atoms with Crippen molar-refractivity contribution in [2.24, 2.45) is 0 Å². The molecule has 0 unspecified atom stereocenters. The monoisotopic (exact) mass is 385 g/mol. The highest BCUT2D eigenvalue weighted by molar-refractivity contribution is 5.30. The number of allylic oxidation sites excluding steroid dienone is 8. The first-order chi connectivity index (χ1) is 13.5. The first-order valence-electron chi connectivity index (χ1n) is 10.6. The largest absolute Gasteiger partial charge is 0.385 e. The van der Waals surface area contributed by atoms with E-state index >= 15 is 0 Å². The maximum Gasteiger partial charge on any atom is 0.0326 e. The molecule has 2 N–H and O–H groups in total. The zero-order valence-electron chi connectivity index (χ0n) is 19.0. The van der Waals surface area contributed by atoms with Crippen LogP contribution in [0.2, 0.25) is 0 Å². The van der Waals surface area contributed by atoms with Crippen LogP contribution in [0.5, 0.6) is 0 Å². The molecule has 0 atom stereocenters. The maximum absolute atomic E-state index is 3.76. The number of nitrogens with zero attached hydrogens (tertiary/aromatic N) is 1. The predicted molar refractivity (Wildman–Crippen MR) is 127 cm³/mol. The molecule has 158 valence electrons. The molecule has 0 aromatic carbocycles. The average molecular weight is 386 g/mol. The third-order valence-electron chi connectivity index (χ3n) is 4.73. The van der Waals surface area contributed by atoms with Gasteiger partial charge in [0.2, 0.25) is 0 Å². The Kier molecular flexibility index (Phi) is 15.9. The van der Waals surface area contributed by atoms with Crippen LogP contribution in [0.1, 0.15) is 53.4 Å². The number of hydrogen-bond acceptors (Lipinski definition) is 3. The topological polar surface area (TPSA) is 27.3 Å². The van der Waals surface area contributed by atoms with Crippen molar-refractivity contribution < 1.29 is 0 Å². The molecular weight excluding hydrogens is 342 g/mol.